The van der Waals surface area contributed by atoms with Crippen LogP contribution in [0.15, 0.2) is 41.2 Å². The summed E-state index contributed by atoms with van der Waals surface area (Å²) in [4.78, 5) is 27.2. The van der Waals surface area contributed by atoms with Crippen LogP contribution in [0.5, 0.6) is 0 Å². The van der Waals surface area contributed by atoms with Crippen LogP contribution in [0.4, 0.5) is 4.79 Å². The first-order chi connectivity index (χ1) is 11.7. The number of hydrogen-bond acceptors (Lipinski definition) is 4. The number of hydrogen-bond donors (Lipinski definition) is 2. The highest BCUT2D eigenvalue weighted by atomic mass is 16.6. The number of hydrazine groups is 1. The third kappa shape index (κ3) is 5.46. The molecule has 1 aromatic heterocycles. The zero-order valence-corrected chi connectivity index (χ0v) is 15.1. The zero-order valence-electron chi connectivity index (χ0n) is 15.1. The van der Waals surface area contributed by atoms with E-state index in [1.54, 1.807) is 20.8 Å². The maximum Gasteiger partial charge on any atom is 0.424 e. The smallest absolute Gasteiger partial charge is 0.424 e. The van der Waals surface area contributed by atoms with E-state index in [2.05, 4.69) is 4.98 Å². The molecule has 0 aliphatic heterocycles. The summed E-state index contributed by atoms with van der Waals surface area (Å²) in [7, 11) is 0. The molecule has 0 saturated carbocycles. The van der Waals surface area contributed by atoms with Gasteiger partial charge in [-0.25, -0.2) is 15.6 Å². The predicted octanol–water partition coefficient (Wildman–Crippen LogP) is 2.88. The van der Waals surface area contributed by atoms with Crippen molar-refractivity contribution < 1.29 is 9.53 Å². The van der Waals surface area contributed by atoms with Crippen molar-refractivity contribution >= 4 is 6.09 Å². The average Bonchev–Trinajstić information content (AvgIpc) is 2.50. The summed E-state index contributed by atoms with van der Waals surface area (Å²) in [5.41, 5.74) is 2.27. The number of rotatable bonds is 4. The van der Waals surface area contributed by atoms with Gasteiger partial charge in [0.05, 0.1) is 6.54 Å². The SMILES string of the molecule is Cc1cc(Cc2ccccc2)[nH]c(=O)c1CN(N)C(=O)OC(C)(C)C. The van der Waals surface area contributed by atoms with Gasteiger partial charge in [-0.3, -0.25) is 4.79 Å². The molecule has 0 spiro atoms. The van der Waals surface area contributed by atoms with Crippen LogP contribution in [0.3, 0.4) is 0 Å². The number of aryl methyl sites for hydroxylation is 1. The second kappa shape index (κ2) is 7.53. The lowest BCUT2D eigenvalue weighted by molar-refractivity contribution is 0.0230. The van der Waals surface area contributed by atoms with E-state index < -0.39 is 11.7 Å². The lowest BCUT2D eigenvalue weighted by Crippen LogP contribution is -2.42. The van der Waals surface area contributed by atoms with Crippen molar-refractivity contribution in [1.82, 2.24) is 9.99 Å². The average molecular weight is 343 g/mol. The standard InChI is InChI=1S/C19H25N3O3/c1-13-10-15(11-14-8-6-5-7-9-14)21-17(23)16(13)12-22(20)18(24)25-19(2,3)4/h5-10H,11-12,20H2,1-4H3,(H,21,23). The van der Waals surface area contributed by atoms with Crippen molar-refractivity contribution in [2.75, 3.05) is 0 Å². The molecule has 6 nitrogen and oxygen atoms in total. The molecule has 3 N–H and O–H groups in total. The van der Waals surface area contributed by atoms with Gasteiger partial charge in [-0.15, -0.1) is 0 Å². The fraction of sp³-hybridized carbons (Fsp3) is 0.368. The maximum atomic E-state index is 12.4. The van der Waals surface area contributed by atoms with E-state index in [1.165, 1.54) is 0 Å². The second-order valence-corrected chi connectivity index (χ2v) is 7.06. The Bertz CT molecular complexity index is 792. The summed E-state index contributed by atoms with van der Waals surface area (Å²) in [5.74, 6) is 5.76. The topological polar surface area (TPSA) is 88.4 Å². The lowest BCUT2D eigenvalue weighted by atomic mass is 10.1. The highest BCUT2D eigenvalue weighted by Gasteiger charge is 2.21. The maximum absolute atomic E-state index is 12.4. The van der Waals surface area contributed by atoms with Crippen LogP contribution in [0.1, 0.15) is 43.2 Å². The van der Waals surface area contributed by atoms with Gasteiger partial charge in [0.2, 0.25) is 0 Å². The van der Waals surface area contributed by atoms with Gasteiger partial charge < -0.3 is 9.72 Å². The van der Waals surface area contributed by atoms with E-state index in [-0.39, 0.29) is 12.1 Å². The van der Waals surface area contributed by atoms with Crippen LogP contribution < -0.4 is 11.4 Å². The zero-order chi connectivity index (χ0) is 18.6. The third-order valence-corrected chi connectivity index (χ3v) is 3.61. The molecule has 25 heavy (non-hydrogen) atoms. The third-order valence-electron chi connectivity index (χ3n) is 3.61. The van der Waals surface area contributed by atoms with E-state index in [0.717, 1.165) is 21.8 Å². The molecule has 0 aliphatic rings. The number of nitrogens with zero attached hydrogens (tertiary/aromatic N) is 1. The normalized spacial score (nSPS) is 11.2. The number of carbonyl (C=O) groups is 1. The van der Waals surface area contributed by atoms with Crippen LogP contribution in [0.25, 0.3) is 0 Å². The first kappa shape index (κ1) is 18.7. The Hall–Kier alpha value is -2.60. The van der Waals surface area contributed by atoms with Gasteiger partial charge in [-0.2, -0.15) is 0 Å². The fourth-order valence-corrected chi connectivity index (χ4v) is 2.45. The van der Waals surface area contributed by atoms with E-state index in [9.17, 15) is 9.59 Å². The number of carbonyl (C=O) groups excluding carboxylic acids is 1. The van der Waals surface area contributed by atoms with Crippen molar-refractivity contribution in [3.05, 3.63) is 69.1 Å². The van der Waals surface area contributed by atoms with Gasteiger partial charge in [0.1, 0.15) is 5.60 Å². The van der Waals surface area contributed by atoms with Crippen molar-refractivity contribution in [3.63, 3.8) is 0 Å². The second-order valence-electron chi connectivity index (χ2n) is 7.06. The molecule has 0 aliphatic carbocycles. The van der Waals surface area contributed by atoms with Crippen LogP contribution in [0, 0.1) is 6.92 Å². The van der Waals surface area contributed by atoms with E-state index in [0.29, 0.717) is 12.0 Å². The van der Waals surface area contributed by atoms with Gasteiger partial charge in [0, 0.05) is 17.7 Å². The molecule has 0 radical (unpaired) electrons. The molecule has 2 rings (SSSR count). The number of H-pyrrole nitrogens is 1. The van der Waals surface area contributed by atoms with Crippen molar-refractivity contribution in [3.8, 4) is 0 Å². The Kier molecular flexibility index (Phi) is 5.64. The minimum absolute atomic E-state index is 0.0122. The quantitative estimate of drug-likeness (QED) is 0.507. The minimum Gasteiger partial charge on any atom is -0.443 e. The monoisotopic (exact) mass is 343 g/mol. The number of aromatic amines is 1. The molecule has 0 bridgehead atoms. The number of pyridine rings is 1. The van der Waals surface area contributed by atoms with Crippen LogP contribution in [-0.2, 0) is 17.7 Å². The molecule has 134 valence electrons. The summed E-state index contributed by atoms with van der Waals surface area (Å²) >= 11 is 0. The van der Waals surface area contributed by atoms with Crippen molar-refractivity contribution in [1.29, 1.82) is 0 Å². The van der Waals surface area contributed by atoms with Crippen molar-refractivity contribution in [2.24, 2.45) is 5.84 Å². The number of nitrogens with one attached hydrogen (secondary N) is 1. The van der Waals surface area contributed by atoms with Gasteiger partial charge >= 0.3 is 6.09 Å². The molecular formula is C19H25N3O3. The van der Waals surface area contributed by atoms with Crippen LogP contribution in [0.2, 0.25) is 0 Å². The fourth-order valence-electron chi connectivity index (χ4n) is 2.45. The molecule has 1 aromatic carbocycles. The minimum atomic E-state index is -0.667. The van der Waals surface area contributed by atoms with E-state index in [1.807, 2.05) is 43.3 Å². The largest absolute Gasteiger partial charge is 0.443 e. The van der Waals surface area contributed by atoms with Crippen LogP contribution >= 0.6 is 0 Å². The van der Waals surface area contributed by atoms with Crippen LogP contribution in [-0.4, -0.2) is 21.7 Å². The van der Waals surface area contributed by atoms with Gasteiger partial charge in [0.15, 0.2) is 0 Å². The number of aromatic nitrogens is 1. The Morgan fingerprint density at radius 1 is 1.24 bits per heavy atom. The first-order valence-corrected chi connectivity index (χ1v) is 8.16. The lowest BCUT2D eigenvalue weighted by Gasteiger charge is -2.24. The molecule has 1 heterocycles. The number of amides is 1. The Morgan fingerprint density at radius 3 is 2.44 bits per heavy atom. The Morgan fingerprint density at radius 2 is 1.88 bits per heavy atom. The van der Waals surface area contributed by atoms with Gasteiger partial charge in [0.25, 0.3) is 5.56 Å². The van der Waals surface area contributed by atoms with Gasteiger partial charge in [-0.05, 0) is 44.9 Å². The summed E-state index contributed by atoms with van der Waals surface area (Å²) < 4.78 is 5.20. The van der Waals surface area contributed by atoms with Gasteiger partial charge in [-0.1, -0.05) is 30.3 Å². The highest BCUT2D eigenvalue weighted by Crippen LogP contribution is 2.13. The summed E-state index contributed by atoms with van der Waals surface area (Å²) in [6, 6.07) is 11.8. The molecule has 1 amide bonds. The molecule has 0 unspecified atom stereocenters. The molecular weight excluding hydrogens is 318 g/mol. The van der Waals surface area contributed by atoms with E-state index in [4.69, 9.17) is 10.6 Å². The predicted molar refractivity (Wildman–Crippen MR) is 97.0 cm³/mol. The Labute approximate surface area is 147 Å². The van der Waals surface area contributed by atoms with E-state index >= 15 is 0 Å². The number of nitrogens with two attached hydrogens (primary N) is 1. The molecule has 0 atom stereocenters. The number of ether oxygens (including phenoxy) is 1. The molecule has 2 aromatic rings. The summed E-state index contributed by atoms with van der Waals surface area (Å²) in [5, 5.41) is 0.916. The molecule has 0 fully saturated rings. The summed E-state index contributed by atoms with van der Waals surface area (Å²) in [6.45, 7) is 7.10. The summed E-state index contributed by atoms with van der Waals surface area (Å²) in [6.07, 6.45) is -0.0325. The number of benzene rings is 1. The first-order valence-electron chi connectivity index (χ1n) is 8.16. The van der Waals surface area contributed by atoms with Crippen molar-refractivity contribution in [2.45, 2.75) is 46.3 Å². The molecule has 6 heteroatoms. The molecule has 0 saturated heterocycles. The highest BCUT2D eigenvalue weighted by molar-refractivity contribution is 5.67. The Balaban J connectivity index is 2.15.